The summed E-state index contributed by atoms with van der Waals surface area (Å²) in [6.07, 6.45) is 2.05. The molecule has 6 amide bonds. The number of methoxy groups -OCH3 is 1. The van der Waals surface area contributed by atoms with E-state index in [0.29, 0.717) is 32.2 Å². The van der Waals surface area contributed by atoms with E-state index in [1.807, 2.05) is 0 Å². The third-order valence-electron chi connectivity index (χ3n) is 7.35. The quantitative estimate of drug-likeness (QED) is 0.0830. The Bertz CT molecular complexity index is 1300. The number of carbonyl (C=O) groups excluding carboxylic acids is 6. The smallest absolute Gasteiger partial charge is 0.254 e. The normalized spacial score (nSPS) is 18.2. The van der Waals surface area contributed by atoms with Gasteiger partial charge in [0, 0.05) is 32.1 Å². The van der Waals surface area contributed by atoms with Crippen molar-refractivity contribution in [2.24, 2.45) is 22.2 Å². The van der Waals surface area contributed by atoms with Crippen LogP contribution in [0.15, 0.2) is 23.2 Å². The van der Waals surface area contributed by atoms with Crippen LogP contribution in [0.4, 0.5) is 5.69 Å². The van der Waals surface area contributed by atoms with Crippen LogP contribution < -0.4 is 37.9 Å². The van der Waals surface area contributed by atoms with Crippen LogP contribution in [-0.2, 0) is 24.0 Å². The molecule has 2 fully saturated rings. The molecular formula is C27H39N9O7. The molecule has 2 aliphatic rings. The third-order valence-corrected chi connectivity index (χ3v) is 7.35. The molecule has 0 saturated carbocycles. The summed E-state index contributed by atoms with van der Waals surface area (Å²) < 4.78 is 5.39. The van der Waals surface area contributed by atoms with Gasteiger partial charge in [-0.25, -0.2) is 0 Å². The number of guanidine groups is 1. The minimum absolute atomic E-state index is 0.0794. The number of rotatable bonds is 13. The highest BCUT2D eigenvalue weighted by Gasteiger charge is 2.55. The lowest BCUT2D eigenvalue weighted by Gasteiger charge is -2.33. The summed E-state index contributed by atoms with van der Waals surface area (Å²) in [5.74, 6) is -2.71. The molecule has 2 aliphatic heterocycles. The molecule has 1 aromatic carbocycles. The van der Waals surface area contributed by atoms with Gasteiger partial charge >= 0.3 is 0 Å². The van der Waals surface area contributed by atoms with Gasteiger partial charge in [-0.05, 0) is 50.3 Å². The number of anilines is 1. The maximum absolute atomic E-state index is 13.8. The van der Waals surface area contributed by atoms with Gasteiger partial charge in [-0.2, -0.15) is 0 Å². The van der Waals surface area contributed by atoms with Crippen LogP contribution in [0, 0.1) is 0 Å². The van der Waals surface area contributed by atoms with Crippen molar-refractivity contribution in [3.05, 3.63) is 23.8 Å². The molecule has 0 unspecified atom stereocenters. The summed E-state index contributed by atoms with van der Waals surface area (Å²) in [7, 11) is 1.41. The van der Waals surface area contributed by atoms with Crippen LogP contribution in [0.3, 0.4) is 0 Å². The summed E-state index contributed by atoms with van der Waals surface area (Å²) in [5.41, 5.74) is 15.1. The first kappa shape index (κ1) is 32.6. The molecule has 9 N–H and O–H groups in total. The van der Waals surface area contributed by atoms with Crippen molar-refractivity contribution in [2.75, 3.05) is 45.2 Å². The van der Waals surface area contributed by atoms with E-state index >= 15 is 0 Å². The number of likely N-dealkylation sites (tertiary alicyclic amines) is 2. The van der Waals surface area contributed by atoms with Crippen molar-refractivity contribution in [1.29, 1.82) is 0 Å². The molecule has 2 atom stereocenters. The number of ether oxygens (including phenoxy) is 1. The summed E-state index contributed by atoms with van der Waals surface area (Å²) in [6.45, 7) is 1.57. The second-order valence-corrected chi connectivity index (χ2v) is 10.4. The first-order valence-electron chi connectivity index (χ1n) is 13.9. The second kappa shape index (κ2) is 14.3. The first-order chi connectivity index (χ1) is 20.4. The largest absolute Gasteiger partial charge is 0.495 e. The number of hydrogen-bond donors (Lipinski definition) is 6. The third kappa shape index (κ3) is 8.11. The SMILES string of the molecule is COc1ccc(C(=O)N2CCC[C@]23CCN(CC(=O)NCC(N)=O)C3=O)cc1NC(=O)[C@H](CCCN=C(N)N)NC(C)=O. The highest BCUT2D eigenvalue weighted by atomic mass is 16.5. The van der Waals surface area contributed by atoms with E-state index in [-0.39, 0.29) is 61.5 Å². The Morgan fingerprint density at radius 3 is 2.51 bits per heavy atom. The van der Waals surface area contributed by atoms with E-state index in [1.165, 1.54) is 42.0 Å². The van der Waals surface area contributed by atoms with Gasteiger partial charge in [0.2, 0.25) is 29.5 Å². The molecule has 0 aromatic heterocycles. The van der Waals surface area contributed by atoms with Crippen LogP contribution in [0.5, 0.6) is 5.75 Å². The maximum Gasteiger partial charge on any atom is 0.254 e. The number of nitrogens with one attached hydrogen (secondary N) is 3. The fourth-order valence-electron chi connectivity index (χ4n) is 5.38. The lowest BCUT2D eigenvalue weighted by molar-refractivity contribution is -0.139. The predicted molar refractivity (Wildman–Crippen MR) is 156 cm³/mol. The molecule has 234 valence electrons. The summed E-state index contributed by atoms with van der Waals surface area (Å²) >= 11 is 0. The molecule has 1 aromatic rings. The van der Waals surface area contributed by atoms with Gasteiger partial charge in [-0.15, -0.1) is 0 Å². The Balaban J connectivity index is 1.77. The van der Waals surface area contributed by atoms with E-state index in [9.17, 15) is 28.8 Å². The van der Waals surface area contributed by atoms with E-state index in [4.69, 9.17) is 21.9 Å². The molecule has 16 nitrogen and oxygen atoms in total. The number of hydrogen-bond acceptors (Lipinski definition) is 8. The number of carbonyl (C=O) groups is 6. The highest BCUT2D eigenvalue weighted by molar-refractivity contribution is 6.03. The zero-order valence-electron chi connectivity index (χ0n) is 24.3. The van der Waals surface area contributed by atoms with Gasteiger partial charge < -0.3 is 47.7 Å². The van der Waals surface area contributed by atoms with Crippen molar-refractivity contribution in [1.82, 2.24) is 20.4 Å². The van der Waals surface area contributed by atoms with E-state index in [1.54, 1.807) is 0 Å². The van der Waals surface area contributed by atoms with Gasteiger partial charge in [0.15, 0.2) is 5.96 Å². The van der Waals surface area contributed by atoms with Crippen LogP contribution in [0.25, 0.3) is 0 Å². The minimum atomic E-state index is -1.10. The molecule has 43 heavy (non-hydrogen) atoms. The lowest BCUT2D eigenvalue weighted by Crippen LogP contribution is -2.53. The molecule has 0 bridgehead atoms. The monoisotopic (exact) mass is 601 g/mol. The first-order valence-corrected chi connectivity index (χ1v) is 13.9. The zero-order chi connectivity index (χ0) is 31.7. The van der Waals surface area contributed by atoms with Crippen LogP contribution in [-0.4, -0.2) is 103 Å². The molecule has 2 saturated heterocycles. The molecule has 2 heterocycles. The van der Waals surface area contributed by atoms with Gasteiger partial charge in [-0.3, -0.25) is 33.8 Å². The van der Waals surface area contributed by atoms with Crippen molar-refractivity contribution >= 4 is 47.1 Å². The van der Waals surface area contributed by atoms with E-state index < -0.39 is 41.1 Å². The standard InChI is InChI=1S/C27H39N9O7/c1-16(37)33-18(5-3-10-31-26(29)30)23(40)34-19-13-17(6-7-20(19)43-2)24(41)36-11-4-8-27(36)9-12-35(25(27)42)15-22(39)32-14-21(28)38/h6-7,13,18H,3-5,8-12,14-15H2,1-2H3,(H2,28,38)(H,32,39)(H,33,37)(H,34,40)(H4,29,30,31)/t18-,27+/m0/s1. The second-order valence-electron chi connectivity index (χ2n) is 10.4. The van der Waals surface area contributed by atoms with Gasteiger partial charge in [-0.1, -0.05) is 0 Å². The van der Waals surface area contributed by atoms with Crippen molar-refractivity contribution in [3.63, 3.8) is 0 Å². The number of primary amides is 1. The average molecular weight is 602 g/mol. The lowest BCUT2D eigenvalue weighted by atomic mass is 9.93. The van der Waals surface area contributed by atoms with Crippen molar-refractivity contribution < 1.29 is 33.5 Å². The number of nitrogens with two attached hydrogens (primary N) is 3. The zero-order valence-corrected chi connectivity index (χ0v) is 24.3. The number of amides is 6. The minimum Gasteiger partial charge on any atom is -0.495 e. The fourth-order valence-corrected chi connectivity index (χ4v) is 5.38. The summed E-state index contributed by atoms with van der Waals surface area (Å²) in [4.78, 5) is 82.1. The highest BCUT2D eigenvalue weighted by Crippen LogP contribution is 2.40. The number of nitrogens with zero attached hydrogens (tertiary/aromatic N) is 3. The predicted octanol–water partition coefficient (Wildman–Crippen LogP) is -2.00. The Morgan fingerprint density at radius 1 is 1.12 bits per heavy atom. The van der Waals surface area contributed by atoms with E-state index in [0.717, 1.165) is 0 Å². The molecule has 3 rings (SSSR count). The molecule has 1 spiro atoms. The molecule has 0 aliphatic carbocycles. The van der Waals surface area contributed by atoms with Crippen LogP contribution >= 0.6 is 0 Å². The van der Waals surface area contributed by atoms with Crippen molar-refractivity contribution in [2.45, 2.75) is 50.6 Å². The Hall–Kier alpha value is -4.89. The molecular weight excluding hydrogens is 562 g/mol. The fraction of sp³-hybridized carbons (Fsp3) is 0.519. The Labute approximate surface area is 248 Å². The van der Waals surface area contributed by atoms with Gasteiger partial charge in [0.1, 0.15) is 17.3 Å². The number of aliphatic imine (C=N–C) groups is 1. The topological polar surface area (TPSA) is 245 Å². The summed E-state index contributed by atoms with van der Waals surface area (Å²) in [5, 5.41) is 7.70. The Kier molecular flexibility index (Phi) is 10.9. The van der Waals surface area contributed by atoms with Gasteiger partial charge in [0.05, 0.1) is 25.9 Å². The van der Waals surface area contributed by atoms with Crippen molar-refractivity contribution in [3.8, 4) is 5.75 Å². The van der Waals surface area contributed by atoms with Crippen LogP contribution in [0.2, 0.25) is 0 Å². The van der Waals surface area contributed by atoms with Gasteiger partial charge in [0.25, 0.3) is 5.91 Å². The Morgan fingerprint density at radius 2 is 1.86 bits per heavy atom. The number of benzene rings is 1. The van der Waals surface area contributed by atoms with Crippen LogP contribution in [0.1, 0.15) is 49.4 Å². The van der Waals surface area contributed by atoms with E-state index in [2.05, 4.69) is 20.9 Å². The summed E-state index contributed by atoms with van der Waals surface area (Å²) in [6, 6.07) is 3.63. The maximum atomic E-state index is 13.8. The molecule has 0 radical (unpaired) electrons. The average Bonchev–Trinajstić information content (AvgIpc) is 3.52. The molecule has 16 heteroatoms.